The topological polar surface area (TPSA) is 49.4 Å². The zero-order valence-electron chi connectivity index (χ0n) is 12.1. The summed E-state index contributed by atoms with van der Waals surface area (Å²) >= 11 is 0. The second kappa shape index (κ2) is 6.87. The predicted octanol–water partition coefficient (Wildman–Crippen LogP) is 1.13. The molecule has 1 rings (SSSR count). The molecule has 108 valence electrons. The van der Waals surface area contributed by atoms with Crippen LogP contribution in [0.2, 0.25) is 0 Å². The van der Waals surface area contributed by atoms with E-state index in [2.05, 4.69) is 31.0 Å². The number of hydrogen-bond acceptors (Lipinski definition) is 4. The molecule has 1 heterocycles. The summed E-state index contributed by atoms with van der Waals surface area (Å²) < 4.78 is 22.6. The highest BCUT2D eigenvalue weighted by atomic mass is 32.2. The molecule has 0 amide bonds. The minimum absolute atomic E-state index is 0.270. The van der Waals surface area contributed by atoms with Crippen molar-refractivity contribution in [2.24, 2.45) is 5.92 Å². The fraction of sp³-hybridized carbons (Fsp3) is 1.00. The summed E-state index contributed by atoms with van der Waals surface area (Å²) in [6, 6.07) is 0.964. The Labute approximate surface area is 112 Å². The van der Waals surface area contributed by atoms with Crippen LogP contribution < -0.4 is 5.32 Å². The van der Waals surface area contributed by atoms with Crippen molar-refractivity contribution >= 4 is 9.84 Å². The second-order valence-corrected chi connectivity index (χ2v) is 8.30. The second-order valence-electron chi connectivity index (χ2n) is 6.04. The van der Waals surface area contributed by atoms with Crippen LogP contribution in [0.5, 0.6) is 0 Å². The molecule has 2 unspecified atom stereocenters. The zero-order chi connectivity index (χ0) is 13.8. The summed E-state index contributed by atoms with van der Waals surface area (Å²) in [7, 11) is -2.86. The van der Waals surface area contributed by atoms with E-state index in [-0.39, 0.29) is 5.75 Å². The Bertz CT molecular complexity index is 341. The first kappa shape index (κ1) is 15.9. The lowest BCUT2D eigenvalue weighted by atomic mass is 10.0. The van der Waals surface area contributed by atoms with Crippen molar-refractivity contribution in [3.8, 4) is 0 Å². The van der Waals surface area contributed by atoms with Crippen LogP contribution in [0.4, 0.5) is 0 Å². The van der Waals surface area contributed by atoms with Gasteiger partial charge < -0.3 is 5.32 Å². The first-order valence-electron chi connectivity index (χ1n) is 6.93. The van der Waals surface area contributed by atoms with Crippen LogP contribution in [0.15, 0.2) is 0 Å². The monoisotopic (exact) mass is 276 g/mol. The molecule has 0 radical (unpaired) electrons. The van der Waals surface area contributed by atoms with Gasteiger partial charge in [-0.25, -0.2) is 8.42 Å². The van der Waals surface area contributed by atoms with Gasteiger partial charge in [-0.05, 0) is 32.2 Å². The molecule has 0 aromatic heterocycles. The van der Waals surface area contributed by atoms with E-state index < -0.39 is 9.84 Å². The average molecular weight is 276 g/mol. The summed E-state index contributed by atoms with van der Waals surface area (Å²) in [4.78, 5) is 2.33. The zero-order valence-corrected chi connectivity index (χ0v) is 13.0. The standard InChI is InChI=1S/C13H28N2O2S/c1-11(2)9-13-10-15(7-8-18(4,16)17)12(3)5-6-14-13/h11-14H,5-10H2,1-4H3. The SMILES string of the molecule is CC(C)CC1CN(CCS(C)(=O)=O)C(C)CCN1. The Morgan fingerprint density at radius 3 is 2.61 bits per heavy atom. The van der Waals surface area contributed by atoms with Crippen LogP contribution in [-0.4, -0.2) is 57.0 Å². The number of nitrogens with one attached hydrogen (secondary N) is 1. The van der Waals surface area contributed by atoms with Crippen molar-refractivity contribution in [3.63, 3.8) is 0 Å². The normalized spacial score (nSPS) is 27.4. The van der Waals surface area contributed by atoms with Gasteiger partial charge in [-0.3, -0.25) is 4.90 Å². The molecule has 4 nitrogen and oxygen atoms in total. The Kier molecular flexibility index (Phi) is 6.08. The van der Waals surface area contributed by atoms with Gasteiger partial charge in [0, 0.05) is 31.4 Å². The van der Waals surface area contributed by atoms with E-state index >= 15 is 0 Å². The maximum Gasteiger partial charge on any atom is 0.148 e. The van der Waals surface area contributed by atoms with Crippen LogP contribution in [0, 0.1) is 5.92 Å². The molecule has 0 aromatic rings. The van der Waals surface area contributed by atoms with Crippen LogP contribution in [0.25, 0.3) is 0 Å². The Morgan fingerprint density at radius 1 is 1.39 bits per heavy atom. The van der Waals surface area contributed by atoms with Crippen molar-refractivity contribution in [1.82, 2.24) is 10.2 Å². The highest BCUT2D eigenvalue weighted by molar-refractivity contribution is 7.90. The van der Waals surface area contributed by atoms with Crippen molar-refractivity contribution in [1.29, 1.82) is 0 Å². The summed E-state index contributed by atoms with van der Waals surface area (Å²) in [5, 5.41) is 3.58. The number of nitrogens with zero attached hydrogens (tertiary/aromatic N) is 1. The van der Waals surface area contributed by atoms with Crippen LogP contribution in [-0.2, 0) is 9.84 Å². The maximum atomic E-state index is 11.3. The molecule has 0 aromatic carbocycles. The van der Waals surface area contributed by atoms with Crippen molar-refractivity contribution in [3.05, 3.63) is 0 Å². The molecule has 1 aliphatic rings. The third kappa shape index (κ3) is 6.16. The molecule has 5 heteroatoms. The highest BCUT2D eigenvalue weighted by Gasteiger charge is 2.23. The van der Waals surface area contributed by atoms with Gasteiger partial charge >= 0.3 is 0 Å². The van der Waals surface area contributed by atoms with E-state index in [1.807, 2.05) is 0 Å². The molecular formula is C13H28N2O2S. The lowest BCUT2D eigenvalue weighted by Crippen LogP contribution is -2.42. The molecule has 2 atom stereocenters. The summed E-state index contributed by atoms with van der Waals surface area (Å²) in [6.45, 7) is 9.33. The number of rotatable bonds is 5. The van der Waals surface area contributed by atoms with Gasteiger partial charge in [0.15, 0.2) is 0 Å². The predicted molar refractivity (Wildman–Crippen MR) is 76.6 cm³/mol. The quantitative estimate of drug-likeness (QED) is 0.818. The molecule has 1 saturated heterocycles. The van der Waals surface area contributed by atoms with E-state index in [4.69, 9.17) is 0 Å². The van der Waals surface area contributed by atoms with Crippen molar-refractivity contribution < 1.29 is 8.42 Å². The first-order valence-corrected chi connectivity index (χ1v) is 8.99. The van der Waals surface area contributed by atoms with Gasteiger partial charge in [0.05, 0.1) is 5.75 Å². The molecule has 1 aliphatic heterocycles. The first-order chi connectivity index (χ1) is 8.28. The van der Waals surface area contributed by atoms with E-state index in [9.17, 15) is 8.42 Å². The molecule has 1 N–H and O–H groups in total. The van der Waals surface area contributed by atoms with Crippen LogP contribution in [0.1, 0.15) is 33.6 Å². The fourth-order valence-electron chi connectivity index (χ4n) is 2.53. The highest BCUT2D eigenvalue weighted by Crippen LogP contribution is 2.13. The molecule has 1 fully saturated rings. The van der Waals surface area contributed by atoms with Gasteiger partial charge in [0.2, 0.25) is 0 Å². The molecule has 18 heavy (non-hydrogen) atoms. The van der Waals surface area contributed by atoms with E-state index in [1.54, 1.807) is 0 Å². The fourth-order valence-corrected chi connectivity index (χ4v) is 3.09. The lowest BCUT2D eigenvalue weighted by molar-refractivity contribution is 0.209. The summed E-state index contributed by atoms with van der Waals surface area (Å²) in [5.41, 5.74) is 0. The number of hydrogen-bond donors (Lipinski definition) is 1. The Balaban J connectivity index is 2.56. The van der Waals surface area contributed by atoms with Gasteiger partial charge in [-0.1, -0.05) is 13.8 Å². The largest absolute Gasteiger partial charge is 0.313 e. The van der Waals surface area contributed by atoms with Crippen molar-refractivity contribution in [2.75, 3.05) is 31.6 Å². The van der Waals surface area contributed by atoms with Crippen molar-refractivity contribution in [2.45, 2.75) is 45.7 Å². The number of sulfone groups is 1. The van der Waals surface area contributed by atoms with Crippen LogP contribution in [0.3, 0.4) is 0 Å². The van der Waals surface area contributed by atoms with Gasteiger partial charge in [0.25, 0.3) is 0 Å². The third-order valence-electron chi connectivity index (χ3n) is 3.58. The minimum atomic E-state index is -2.86. The molecule has 0 aliphatic carbocycles. The molecule has 0 saturated carbocycles. The third-order valence-corrected chi connectivity index (χ3v) is 4.50. The van der Waals surface area contributed by atoms with Gasteiger partial charge in [-0.15, -0.1) is 0 Å². The Hall–Kier alpha value is -0.130. The Morgan fingerprint density at radius 2 is 2.06 bits per heavy atom. The van der Waals surface area contributed by atoms with Gasteiger partial charge in [-0.2, -0.15) is 0 Å². The smallest absolute Gasteiger partial charge is 0.148 e. The van der Waals surface area contributed by atoms with E-state index in [0.29, 0.717) is 24.5 Å². The van der Waals surface area contributed by atoms with E-state index in [0.717, 1.165) is 25.9 Å². The van der Waals surface area contributed by atoms with Crippen LogP contribution >= 0.6 is 0 Å². The molecule has 0 bridgehead atoms. The maximum absolute atomic E-state index is 11.3. The summed E-state index contributed by atoms with van der Waals surface area (Å²) in [5.74, 6) is 0.943. The minimum Gasteiger partial charge on any atom is -0.313 e. The average Bonchev–Trinajstić information content (AvgIpc) is 2.36. The lowest BCUT2D eigenvalue weighted by Gasteiger charge is -2.29. The molecule has 0 spiro atoms. The van der Waals surface area contributed by atoms with Gasteiger partial charge in [0.1, 0.15) is 9.84 Å². The molecular weight excluding hydrogens is 248 g/mol. The summed E-state index contributed by atoms with van der Waals surface area (Å²) in [6.07, 6.45) is 3.57. The van der Waals surface area contributed by atoms with E-state index in [1.165, 1.54) is 6.26 Å².